The van der Waals surface area contributed by atoms with Crippen LogP contribution in [0.25, 0.3) is 0 Å². The molecular formula is C19H23Cl2N3O3. The van der Waals surface area contributed by atoms with E-state index in [4.69, 9.17) is 22.1 Å². The van der Waals surface area contributed by atoms with E-state index in [0.29, 0.717) is 29.2 Å². The van der Waals surface area contributed by atoms with E-state index in [-0.39, 0.29) is 34.8 Å². The molecule has 2 aromatic rings. The summed E-state index contributed by atoms with van der Waals surface area (Å²) in [5, 5.41) is 5.95. The van der Waals surface area contributed by atoms with E-state index in [1.807, 2.05) is 13.8 Å². The van der Waals surface area contributed by atoms with Crippen LogP contribution in [-0.4, -0.2) is 18.9 Å². The molecular weight excluding hydrogens is 389 g/mol. The largest absolute Gasteiger partial charge is 0.496 e. The van der Waals surface area contributed by atoms with Gasteiger partial charge in [-0.25, -0.2) is 0 Å². The maximum Gasteiger partial charge on any atom is 0.259 e. The van der Waals surface area contributed by atoms with Crippen molar-refractivity contribution >= 4 is 52.9 Å². The molecule has 0 spiro atoms. The highest BCUT2D eigenvalue weighted by atomic mass is 35.5. The van der Waals surface area contributed by atoms with Gasteiger partial charge in [-0.05, 0) is 37.1 Å². The zero-order valence-corrected chi connectivity index (χ0v) is 17.0. The minimum Gasteiger partial charge on any atom is -0.496 e. The summed E-state index contributed by atoms with van der Waals surface area (Å²) in [7, 11) is 1.45. The molecule has 0 bridgehead atoms. The van der Waals surface area contributed by atoms with E-state index in [1.54, 1.807) is 18.2 Å². The van der Waals surface area contributed by atoms with E-state index >= 15 is 0 Å². The summed E-state index contributed by atoms with van der Waals surface area (Å²) in [5.41, 5.74) is 8.34. The van der Waals surface area contributed by atoms with Crippen molar-refractivity contribution in [3.05, 3.63) is 46.5 Å². The predicted molar refractivity (Wildman–Crippen MR) is 112 cm³/mol. The number of anilines is 3. The Bertz CT molecular complexity index is 841. The summed E-state index contributed by atoms with van der Waals surface area (Å²) in [6.07, 6.45) is 1.20. The van der Waals surface area contributed by atoms with E-state index in [0.717, 1.165) is 12.0 Å². The van der Waals surface area contributed by atoms with E-state index < -0.39 is 0 Å². The lowest BCUT2D eigenvalue weighted by Crippen LogP contribution is -2.16. The number of rotatable bonds is 6. The number of carbonyl (C=O) groups is 2. The van der Waals surface area contributed by atoms with Crippen molar-refractivity contribution in [3.8, 4) is 5.75 Å². The molecule has 0 aliphatic heterocycles. The Morgan fingerprint density at radius 2 is 1.81 bits per heavy atom. The molecule has 0 saturated carbocycles. The summed E-state index contributed by atoms with van der Waals surface area (Å²) in [4.78, 5) is 24.5. The molecule has 0 fully saturated rings. The van der Waals surface area contributed by atoms with Crippen LogP contribution < -0.4 is 21.1 Å². The Hall–Kier alpha value is -2.44. The molecule has 0 radical (unpaired) electrons. The number of methoxy groups -OCH3 is 1. The summed E-state index contributed by atoms with van der Waals surface area (Å²) < 4.78 is 5.22. The van der Waals surface area contributed by atoms with Gasteiger partial charge in [0.1, 0.15) is 5.75 Å². The average Bonchev–Trinajstić information content (AvgIpc) is 2.60. The molecule has 2 amide bonds. The van der Waals surface area contributed by atoms with Gasteiger partial charge in [-0.1, -0.05) is 24.6 Å². The maximum atomic E-state index is 12.7. The van der Waals surface area contributed by atoms with Crippen molar-refractivity contribution in [1.82, 2.24) is 0 Å². The highest BCUT2D eigenvalue weighted by Gasteiger charge is 2.17. The quantitative estimate of drug-likeness (QED) is 0.602. The summed E-state index contributed by atoms with van der Waals surface area (Å²) >= 11 is 6.03. The Morgan fingerprint density at radius 3 is 2.41 bits per heavy atom. The lowest BCUT2D eigenvalue weighted by atomic mass is 10.1. The first-order chi connectivity index (χ1) is 12.4. The Balaban J connectivity index is 0.00000364. The standard InChI is InChI=1S/C19H22ClN3O3.ClH/c1-4-6-18(24)22-15-7-5-8-16(11(15)2)23-19(25)12-9-13(20)14(21)10-17(12)26-3;/h5,7-10H,4,6,21H2,1-3H3,(H,22,24)(H,23,25);1H. The van der Waals surface area contributed by atoms with Crippen molar-refractivity contribution in [2.45, 2.75) is 26.7 Å². The monoisotopic (exact) mass is 411 g/mol. The normalized spacial score (nSPS) is 9.93. The van der Waals surface area contributed by atoms with Crippen molar-refractivity contribution in [3.63, 3.8) is 0 Å². The van der Waals surface area contributed by atoms with Crippen molar-refractivity contribution in [2.24, 2.45) is 0 Å². The molecule has 27 heavy (non-hydrogen) atoms. The van der Waals surface area contributed by atoms with Crippen molar-refractivity contribution in [1.29, 1.82) is 0 Å². The fourth-order valence-electron chi connectivity index (χ4n) is 2.45. The minimum atomic E-state index is -0.385. The number of ether oxygens (including phenoxy) is 1. The number of hydrogen-bond donors (Lipinski definition) is 3. The number of carbonyl (C=O) groups excluding carboxylic acids is 2. The molecule has 0 unspecified atom stereocenters. The van der Waals surface area contributed by atoms with Gasteiger partial charge in [0.15, 0.2) is 0 Å². The van der Waals surface area contributed by atoms with Crippen LogP contribution >= 0.6 is 24.0 Å². The highest BCUT2D eigenvalue weighted by molar-refractivity contribution is 6.33. The second kappa shape index (κ2) is 10.0. The highest BCUT2D eigenvalue weighted by Crippen LogP contribution is 2.30. The number of nitrogen functional groups attached to an aromatic ring is 1. The smallest absolute Gasteiger partial charge is 0.259 e. The van der Waals surface area contributed by atoms with Crippen LogP contribution in [0.15, 0.2) is 30.3 Å². The maximum absolute atomic E-state index is 12.7. The van der Waals surface area contributed by atoms with E-state index in [1.165, 1.54) is 19.2 Å². The Labute approximate surface area is 169 Å². The van der Waals surface area contributed by atoms with E-state index in [2.05, 4.69) is 10.6 Å². The van der Waals surface area contributed by atoms with Crippen LogP contribution in [0.5, 0.6) is 5.75 Å². The SMILES string of the molecule is CCCC(=O)Nc1cccc(NC(=O)c2cc(Cl)c(N)cc2OC)c1C.Cl. The van der Waals surface area contributed by atoms with E-state index in [9.17, 15) is 9.59 Å². The van der Waals surface area contributed by atoms with Crippen molar-refractivity contribution in [2.75, 3.05) is 23.5 Å². The van der Waals surface area contributed by atoms with Crippen molar-refractivity contribution < 1.29 is 14.3 Å². The van der Waals surface area contributed by atoms with Gasteiger partial charge < -0.3 is 21.1 Å². The zero-order chi connectivity index (χ0) is 19.3. The van der Waals surface area contributed by atoms with Crippen LogP contribution in [0.1, 0.15) is 35.7 Å². The molecule has 0 aliphatic rings. The molecule has 2 rings (SSSR count). The van der Waals surface area contributed by atoms with Gasteiger partial charge in [0, 0.05) is 23.9 Å². The number of nitrogens with one attached hydrogen (secondary N) is 2. The fourth-order valence-corrected chi connectivity index (χ4v) is 2.61. The average molecular weight is 412 g/mol. The molecule has 0 heterocycles. The number of benzene rings is 2. The third kappa shape index (κ3) is 5.52. The zero-order valence-electron chi connectivity index (χ0n) is 15.4. The lowest BCUT2D eigenvalue weighted by molar-refractivity contribution is -0.116. The van der Waals surface area contributed by atoms with Gasteiger partial charge in [0.2, 0.25) is 5.91 Å². The molecule has 0 atom stereocenters. The first-order valence-electron chi connectivity index (χ1n) is 8.21. The second-order valence-electron chi connectivity index (χ2n) is 5.80. The van der Waals surface area contributed by atoms with Gasteiger partial charge in [0.25, 0.3) is 5.91 Å². The molecule has 4 N–H and O–H groups in total. The van der Waals surface area contributed by atoms with Gasteiger partial charge in [-0.15, -0.1) is 12.4 Å². The summed E-state index contributed by atoms with van der Waals surface area (Å²) in [5.74, 6) is -0.121. The molecule has 0 aromatic heterocycles. The molecule has 6 nitrogen and oxygen atoms in total. The third-order valence-electron chi connectivity index (χ3n) is 3.90. The first-order valence-corrected chi connectivity index (χ1v) is 8.59. The van der Waals surface area contributed by atoms with Crippen LogP contribution in [0, 0.1) is 6.92 Å². The molecule has 0 saturated heterocycles. The van der Waals surface area contributed by atoms with Crippen LogP contribution in [0.3, 0.4) is 0 Å². The second-order valence-corrected chi connectivity index (χ2v) is 6.21. The third-order valence-corrected chi connectivity index (χ3v) is 4.22. The van der Waals surface area contributed by atoms with Gasteiger partial charge in [-0.2, -0.15) is 0 Å². The Morgan fingerprint density at radius 1 is 1.19 bits per heavy atom. The number of nitrogens with two attached hydrogens (primary N) is 1. The number of amides is 2. The minimum absolute atomic E-state index is 0. The summed E-state index contributed by atoms with van der Waals surface area (Å²) in [6.45, 7) is 3.76. The van der Waals surface area contributed by atoms with Crippen LogP contribution in [0.2, 0.25) is 5.02 Å². The fraction of sp³-hybridized carbons (Fsp3) is 0.263. The topological polar surface area (TPSA) is 93.5 Å². The van der Waals surface area contributed by atoms with Crippen LogP contribution in [-0.2, 0) is 4.79 Å². The molecule has 0 aliphatic carbocycles. The van der Waals surface area contributed by atoms with Gasteiger partial charge in [0.05, 0.1) is 23.4 Å². The van der Waals surface area contributed by atoms with Gasteiger partial charge in [-0.3, -0.25) is 9.59 Å². The first kappa shape index (κ1) is 22.6. The Kier molecular flexibility index (Phi) is 8.40. The summed E-state index contributed by atoms with van der Waals surface area (Å²) in [6, 6.07) is 8.28. The lowest BCUT2D eigenvalue weighted by Gasteiger charge is -2.15. The molecule has 8 heteroatoms. The van der Waals surface area contributed by atoms with Gasteiger partial charge >= 0.3 is 0 Å². The predicted octanol–water partition coefficient (Wildman–Crippen LogP) is 4.65. The number of hydrogen-bond acceptors (Lipinski definition) is 4. The van der Waals surface area contributed by atoms with Crippen LogP contribution in [0.4, 0.5) is 17.1 Å². The molecule has 146 valence electrons. The molecule has 2 aromatic carbocycles. The number of halogens is 2.